The molecule has 0 aliphatic carbocycles. The zero-order valence-corrected chi connectivity index (χ0v) is 10.5. The predicted octanol–water partition coefficient (Wildman–Crippen LogP) is 1.04. The molecule has 1 aromatic heterocycles. The van der Waals surface area contributed by atoms with Gasteiger partial charge in [-0.25, -0.2) is 14.8 Å². The number of nitrogens with two attached hydrogens (primary N) is 1. The topological polar surface area (TPSA) is 106 Å². The molecule has 2 aromatic rings. The second-order valence-corrected chi connectivity index (χ2v) is 3.52. The third-order valence-electron chi connectivity index (χ3n) is 2.46. The van der Waals surface area contributed by atoms with Gasteiger partial charge in [0.05, 0.1) is 19.9 Å². The molecule has 0 atom stereocenters. The number of hydrogen-bond donors (Lipinski definition) is 2. The second kappa shape index (κ2) is 5.25. The van der Waals surface area contributed by atoms with Crippen LogP contribution < -0.4 is 20.1 Å². The number of H-pyrrole nitrogens is 1. The summed E-state index contributed by atoms with van der Waals surface area (Å²) in [7, 11) is 3.03. The van der Waals surface area contributed by atoms with Crippen LogP contribution in [0.15, 0.2) is 24.5 Å². The number of hydrogen-bond acceptors (Lipinski definition) is 5. The number of carbonyl (C=O) groups excluding carboxylic acids is 1. The molecule has 8 heteroatoms. The standard InChI is InChI=1S/C11H13N5O3/c1-18-8-4-3-7(5-9(8)19-2)16(10(12)17)11-13-6-14-15-11/h3-6H,1-2H3,(H2,12,17)(H,13,14,15). The number of ether oxygens (including phenoxy) is 2. The van der Waals surface area contributed by atoms with Gasteiger partial charge in [0.15, 0.2) is 11.5 Å². The molecule has 1 aromatic carbocycles. The number of benzene rings is 1. The van der Waals surface area contributed by atoms with E-state index >= 15 is 0 Å². The summed E-state index contributed by atoms with van der Waals surface area (Å²) >= 11 is 0. The van der Waals surface area contributed by atoms with Crippen molar-refractivity contribution < 1.29 is 14.3 Å². The zero-order valence-electron chi connectivity index (χ0n) is 10.5. The van der Waals surface area contributed by atoms with Crippen molar-refractivity contribution in [3.63, 3.8) is 0 Å². The highest BCUT2D eigenvalue weighted by Gasteiger charge is 2.19. The van der Waals surface area contributed by atoms with E-state index in [0.29, 0.717) is 17.2 Å². The van der Waals surface area contributed by atoms with Crippen molar-refractivity contribution in [1.29, 1.82) is 0 Å². The van der Waals surface area contributed by atoms with Crippen LogP contribution in [0.25, 0.3) is 0 Å². The lowest BCUT2D eigenvalue weighted by Gasteiger charge is -2.18. The van der Waals surface area contributed by atoms with Crippen molar-refractivity contribution in [2.75, 3.05) is 19.1 Å². The number of aromatic amines is 1. The van der Waals surface area contributed by atoms with E-state index in [1.54, 1.807) is 18.2 Å². The molecule has 0 aliphatic rings. The lowest BCUT2D eigenvalue weighted by Crippen LogP contribution is -2.32. The largest absolute Gasteiger partial charge is 0.493 e. The second-order valence-electron chi connectivity index (χ2n) is 3.52. The molecule has 19 heavy (non-hydrogen) atoms. The molecule has 0 fully saturated rings. The molecule has 0 radical (unpaired) electrons. The summed E-state index contributed by atoms with van der Waals surface area (Å²) < 4.78 is 10.3. The van der Waals surface area contributed by atoms with Crippen LogP contribution in [0.4, 0.5) is 16.4 Å². The van der Waals surface area contributed by atoms with E-state index in [1.807, 2.05) is 0 Å². The minimum absolute atomic E-state index is 0.222. The Morgan fingerprint density at radius 2 is 2.05 bits per heavy atom. The van der Waals surface area contributed by atoms with Crippen LogP contribution in [0.2, 0.25) is 0 Å². The fourth-order valence-electron chi connectivity index (χ4n) is 1.62. The van der Waals surface area contributed by atoms with E-state index in [-0.39, 0.29) is 5.95 Å². The Balaban J connectivity index is 2.46. The van der Waals surface area contributed by atoms with Crippen molar-refractivity contribution in [2.24, 2.45) is 5.73 Å². The fraction of sp³-hybridized carbons (Fsp3) is 0.182. The van der Waals surface area contributed by atoms with Gasteiger partial charge in [-0.15, -0.1) is 0 Å². The molecular weight excluding hydrogens is 250 g/mol. The number of methoxy groups -OCH3 is 2. The molecule has 0 spiro atoms. The van der Waals surface area contributed by atoms with Crippen LogP contribution in [0, 0.1) is 0 Å². The van der Waals surface area contributed by atoms with Gasteiger partial charge in [0.25, 0.3) is 0 Å². The maximum absolute atomic E-state index is 11.5. The van der Waals surface area contributed by atoms with Crippen LogP contribution in [-0.4, -0.2) is 35.4 Å². The van der Waals surface area contributed by atoms with Crippen molar-refractivity contribution in [3.05, 3.63) is 24.5 Å². The molecule has 2 rings (SSSR count). The number of amides is 2. The summed E-state index contributed by atoms with van der Waals surface area (Å²) in [5.74, 6) is 1.25. The smallest absolute Gasteiger partial charge is 0.326 e. The lowest BCUT2D eigenvalue weighted by molar-refractivity contribution is 0.256. The van der Waals surface area contributed by atoms with Crippen LogP contribution in [0.5, 0.6) is 11.5 Å². The Hall–Kier alpha value is -2.77. The number of nitrogens with zero attached hydrogens (tertiary/aromatic N) is 3. The highest BCUT2D eigenvalue weighted by molar-refractivity contribution is 5.96. The van der Waals surface area contributed by atoms with Crippen LogP contribution >= 0.6 is 0 Å². The Morgan fingerprint density at radius 1 is 1.32 bits per heavy atom. The number of aromatic nitrogens is 3. The highest BCUT2D eigenvalue weighted by atomic mass is 16.5. The molecule has 0 bridgehead atoms. The molecule has 2 amide bonds. The van der Waals surface area contributed by atoms with Crippen LogP contribution in [-0.2, 0) is 0 Å². The van der Waals surface area contributed by atoms with Crippen molar-refractivity contribution in [1.82, 2.24) is 15.2 Å². The number of primary amides is 1. The van der Waals surface area contributed by atoms with Crippen LogP contribution in [0.3, 0.4) is 0 Å². The Morgan fingerprint density at radius 3 is 2.58 bits per heavy atom. The van der Waals surface area contributed by atoms with Gasteiger partial charge in [0.1, 0.15) is 6.33 Å². The first-order valence-corrected chi connectivity index (χ1v) is 5.34. The number of carbonyl (C=O) groups is 1. The molecule has 100 valence electrons. The molecular formula is C11H13N5O3. The number of anilines is 2. The SMILES string of the molecule is COc1ccc(N(C(N)=O)c2ncn[nH]2)cc1OC. The first kappa shape index (κ1) is 12.7. The quantitative estimate of drug-likeness (QED) is 0.857. The minimum Gasteiger partial charge on any atom is -0.493 e. The van der Waals surface area contributed by atoms with E-state index in [1.165, 1.54) is 25.4 Å². The van der Waals surface area contributed by atoms with Crippen molar-refractivity contribution >= 4 is 17.7 Å². The zero-order chi connectivity index (χ0) is 13.8. The molecule has 0 saturated heterocycles. The first-order chi connectivity index (χ1) is 9.17. The Bertz CT molecular complexity index is 570. The van der Waals surface area contributed by atoms with Gasteiger partial charge in [-0.05, 0) is 12.1 Å². The number of rotatable bonds is 4. The van der Waals surface area contributed by atoms with E-state index in [4.69, 9.17) is 15.2 Å². The lowest BCUT2D eigenvalue weighted by atomic mass is 10.2. The summed E-state index contributed by atoms with van der Waals surface area (Å²) in [6.45, 7) is 0. The van der Waals surface area contributed by atoms with Gasteiger partial charge in [-0.2, -0.15) is 10.1 Å². The third kappa shape index (κ3) is 2.41. The fourth-order valence-corrected chi connectivity index (χ4v) is 1.62. The van der Waals surface area contributed by atoms with E-state index in [9.17, 15) is 4.79 Å². The van der Waals surface area contributed by atoms with Gasteiger partial charge in [-0.3, -0.25) is 0 Å². The summed E-state index contributed by atoms with van der Waals surface area (Å²) in [5, 5.41) is 6.26. The van der Waals surface area contributed by atoms with Gasteiger partial charge in [0.2, 0.25) is 5.95 Å². The normalized spacial score (nSPS) is 10.0. The third-order valence-corrected chi connectivity index (χ3v) is 2.46. The first-order valence-electron chi connectivity index (χ1n) is 5.34. The van der Waals surface area contributed by atoms with Crippen LogP contribution in [0.1, 0.15) is 0 Å². The summed E-state index contributed by atoms with van der Waals surface area (Å²) in [4.78, 5) is 16.6. The van der Waals surface area contributed by atoms with E-state index in [2.05, 4.69) is 15.2 Å². The molecule has 0 aliphatic heterocycles. The molecule has 8 nitrogen and oxygen atoms in total. The highest BCUT2D eigenvalue weighted by Crippen LogP contribution is 2.33. The summed E-state index contributed by atoms with van der Waals surface area (Å²) in [6, 6.07) is 4.25. The molecule has 1 heterocycles. The molecule has 0 unspecified atom stereocenters. The van der Waals surface area contributed by atoms with Gasteiger partial charge >= 0.3 is 6.03 Å². The van der Waals surface area contributed by atoms with E-state index in [0.717, 1.165) is 0 Å². The summed E-state index contributed by atoms with van der Waals surface area (Å²) in [5.41, 5.74) is 5.84. The number of nitrogens with one attached hydrogen (secondary N) is 1. The van der Waals surface area contributed by atoms with Gasteiger partial charge in [-0.1, -0.05) is 0 Å². The van der Waals surface area contributed by atoms with Crippen molar-refractivity contribution in [2.45, 2.75) is 0 Å². The maximum atomic E-state index is 11.5. The number of urea groups is 1. The Labute approximate surface area is 109 Å². The van der Waals surface area contributed by atoms with Gasteiger partial charge < -0.3 is 15.2 Å². The minimum atomic E-state index is -0.691. The maximum Gasteiger partial charge on any atom is 0.326 e. The predicted molar refractivity (Wildman–Crippen MR) is 67.7 cm³/mol. The Kier molecular flexibility index (Phi) is 3.51. The average molecular weight is 263 g/mol. The van der Waals surface area contributed by atoms with Gasteiger partial charge in [0, 0.05) is 6.07 Å². The monoisotopic (exact) mass is 263 g/mol. The summed E-state index contributed by atoms with van der Waals surface area (Å²) in [6.07, 6.45) is 1.28. The average Bonchev–Trinajstić information content (AvgIpc) is 2.92. The van der Waals surface area contributed by atoms with E-state index < -0.39 is 6.03 Å². The van der Waals surface area contributed by atoms with Crippen molar-refractivity contribution in [3.8, 4) is 11.5 Å². The molecule has 0 saturated carbocycles. The molecule has 3 N–H and O–H groups in total.